The number of thioether (sulfide) groups is 1. The van der Waals surface area contributed by atoms with E-state index >= 15 is 0 Å². The quantitative estimate of drug-likeness (QED) is 0.611. The molecule has 0 saturated carbocycles. The van der Waals surface area contributed by atoms with Gasteiger partial charge in [-0.15, -0.1) is 0 Å². The Hall–Kier alpha value is -2.06. The van der Waals surface area contributed by atoms with E-state index in [2.05, 4.69) is 15.9 Å². The van der Waals surface area contributed by atoms with Gasteiger partial charge in [-0.05, 0) is 62.2 Å². The van der Waals surface area contributed by atoms with Crippen LogP contribution in [-0.4, -0.2) is 51.1 Å². The fraction of sp³-hybridized carbons (Fsp3) is 0.381. The third-order valence-corrected chi connectivity index (χ3v) is 6.77. The number of aromatic nitrogens is 1. The van der Waals surface area contributed by atoms with Crippen molar-refractivity contribution in [2.24, 2.45) is 0 Å². The summed E-state index contributed by atoms with van der Waals surface area (Å²) in [6.07, 6.45) is 6.96. The Morgan fingerprint density at radius 3 is 2.66 bits per heavy atom. The number of piperidine rings is 1. The highest BCUT2D eigenvalue weighted by Crippen LogP contribution is 2.34. The Labute approximate surface area is 182 Å². The van der Waals surface area contributed by atoms with Crippen LogP contribution in [0, 0.1) is 0 Å². The largest absolute Gasteiger partial charge is 0.341 e. The molecule has 8 heteroatoms. The second kappa shape index (κ2) is 8.36. The van der Waals surface area contributed by atoms with Gasteiger partial charge in [0.25, 0.3) is 11.1 Å². The van der Waals surface area contributed by atoms with E-state index in [4.69, 9.17) is 0 Å². The number of imide groups is 1. The first-order valence-corrected chi connectivity index (χ1v) is 11.4. The molecule has 0 unspecified atom stereocenters. The standard InChI is InChI=1S/C21H22BrN3O3S/c1-2-25-20(27)18(29-21(25)28)10-14-12-24(17-7-6-15(22)11-16(14)17)13-19(26)23-8-4-3-5-9-23/h6-7,10-12H,2-5,8-9,13H2,1H3/b18-10-. The van der Waals surface area contributed by atoms with E-state index in [-0.39, 0.29) is 23.6 Å². The van der Waals surface area contributed by atoms with E-state index in [9.17, 15) is 14.4 Å². The van der Waals surface area contributed by atoms with Crippen molar-refractivity contribution in [2.45, 2.75) is 32.7 Å². The van der Waals surface area contributed by atoms with E-state index in [0.717, 1.165) is 58.6 Å². The van der Waals surface area contributed by atoms with E-state index in [0.29, 0.717) is 11.4 Å². The molecule has 6 nitrogen and oxygen atoms in total. The van der Waals surface area contributed by atoms with Gasteiger partial charge in [-0.1, -0.05) is 15.9 Å². The number of amides is 3. The van der Waals surface area contributed by atoms with Crippen LogP contribution < -0.4 is 0 Å². The van der Waals surface area contributed by atoms with Crippen LogP contribution in [0.4, 0.5) is 4.79 Å². The monoisotopic (exact) mass is 475 g/mol. The Morgan fingerprint density at radius 1 is 1.21 bits per heavy atom. The molecule has 0 aliphatic carbocycles. The molecule has 2 saturated heterocycles. The van der Waals surface area contributed by atoms with Crippen molar-refractivity contribution >= 4 is 61.7 Å². The molecule has 29 heavy (non-hydrogen) atoms. The minimum absolute atomic E-state index is 0.113. The van der Waals surface area contributed by atoms with Crippen molar-refractivity contribution in [3.8, 4) is 0 Å². The molecule has 2 aliphatic rings. The second-order valence-corrected chi connectivity index (χ2v) is 9.15. The lowest BCUT2D eigenvalue weighted by Crippen LogP contribution is -2.37. The topological polar surface area (TPSA) is 62.6 Å². The zero-order chi connectivity index (χ0) is 20.5. The maximum atomic E-state index is 12.8. The molecule has 152 valence electrons. The average Bonchev–Trinajstić information content (AvgIpc) is 3.18. The molecule has 1 aromatic carbocycles. The number of nitrogens with zero attached hydrogens (tertiary/aromatic N) is 3. The maximum absolute atomic E-state index is 12.8. The zero-order valence-electron chi connectivity index (χ0n) is 16.2. The van der Waals surface area contributed by atoms with Crippen molar-refractivity contribution in [2.75, 3.05) is 19.6 Å². The lowest BCUT2D eigenvalue weighted by atomic mass is 10.1. The normalized spacial score (nSPS) is 19.0. The Kier molecular flexibility index (Phi) is 5.83. The van der Waals surface area contributed by atoms with E-state index < -0.39 is 0 Å². The van der Waals surface area contributed by atoms with E-state index in [1.165, 1.54) is 11.3 Å². The van der Waals surface area contributed by atoms with Crippen LogP contribution in [0.5, 0.6) is 0 Å². The van der Waals surface area contributed by atoms with Crippen molar-refractivity contribution in [3.05, 3.63) is 39.3 Å². The third kappa shape index (κ3) is 4.00. The highest BCUT2D eigenvalue weighted by atomic mass is 79.9. The zero-order valence-corrected chi connectivity index (χ0v) is 18.6. The van der Waals surface area contributed by atoms with Crippen molar-refractivity contribution < 1.29 is 14.4 Å². The average molecular weight is 476 g/mol. The number of hydrogen-bond acceptors (Lipinski definition) is 4. The molecule has 3 amide bonds. The molecule has 0 N–H and O–H groups in total. The fourth-order valence-corrected chi connectivity index (χ4v) is 5.10. The van der Waals surface area contributed by atoms with Gasteiger partial charge in [0.05, 0.1) is 4.91 Å². The minimum atomic E-state index is -0.261. The lowest BCUT2D eigenvalue weighted by molar-refractivity contribution is -0.132. The Balaban J connectivity index is 1.69. The number of hydrogen-bond donors (Lipinski definition) is 0. The highest BCUT2D eigenvalue weighted by molar-refractivity contribution is 9.10. The van der Waals surface area contributed by atoms with Crippen molar-refractivity contribution in [1.29, 1.82) is 0 Å². The number of likely N-dealkylation sites (N-methyl/N-ethyl adjacent to an activating group) is 1. The van der Waals surface area contributed by atoms with Crippen molar-refractivity contribution in [3.63, 3.8) is 0 Å². The summed E-state index contributed by atoms with van der Waals surface area (Å²) in [5, 5.41) is 0.697. The van der Waals surface area contributed by atoms with Crippen LogP contribution in [0.25, 0.3) is 17.0 Å². The molecule has 0 atom stereocenters. The van der Waals surface area contributed by atoms with Gasteiger partial charge in [-0.2, -0.15) is 0 Å². The molecule has 1 aromatic heterocycles. The predicted molar refractivity (Wildman–Crippen MR) is 118 cm³/mol. The van der Waals surface area contributed by atoms with Gasteiger partial charge in [-0.25, -0.2) is 0 Å². The summed E-state index contributed by atoms with van der Waals surface area (Å²) in [4.78, 5) is 40.9. The first-order valence-electron chi connectivity index (χ1n) is 9.79. The number of carbonyl (C=O) groups is 3. The summed E-state index contributed by atoms with van der Waals surface area (Å²) < 4.78 is 2.86. The molecule has 2 fully saturated rings. The van der Waals surface area contributed by atoms with E-state index in [1.807, 2.05) is 33.9 Å². The molecular weight excluding hydrogens is 454 g/mol. The number of likely N-dealkylation sites (tertiary alicyclic amines) is 1. The number of halogens is 1. The van der Waals surface area contributed by atoms with Gasteiger partial charge in [-0.3, -0.25) is 19.3 Å². The van der Waals surface area contributed by atoms with Gasteiger partial charge < -0.3 is 9.47 Å². The van der Waals surface area contributed by atoms with Crippen LogP contribution >= 0.6 is 27.7 Å². The summed E-state index contributed by atoms with van der Waals surface area (Å²) in [6, 6.07) is 5.89. The summed E-state index contributed by atoms with van der Waals surface area (Å²) in [5.74, 6) is -0.148. The van der Waals surface area contributed by atoms with Crippen molar-refractivity contribution in [1.82, 2.24) is 14.4 Å². The van der Waals surface area contributed by atoms with Crippen LogP contribution in [0.15, 0.2) is 33.8 Å². The lowest BCUT2D eigenvalue weighted by Gasteiger charge is -2.27. The van der Waals surface area contributed by atoms with Crippen LogP contribution in [0.2, 0.25) is 0 Å². The Morgan fingerprint density at radius 2 is 1.97 bits per heavy atom. The molecule has 0 spiro atoms. The van der Waals surface area contributed by atoms with Gasteiger partial charge in [0, 0.05) is 46.8 Å². The molecule has 0 bridgehead atoms. The number of rotatable bonds is 4. The molecule has 0 radical (unpaired) electrons. The second-order valence-electron chi connectivity index (χ2n) is 7.24. The molecule has 4 rings (SSSR count). The van der Waals surface area contributed by atoms with Crippen LogP contribution in [-0.2, 0) is 16.1 Å². The fourth-order valence-electron chi connectivity index (χ4n) is 3.85. The summed E-state index contributed by atoms with van der Waals surface area (Å²) in [6.45, 7) is 4.05. The van der Waals surface area contributed by atoms with E-state index in [1.54, 1.807) is 13.0 Å². The summed E-state index contributed by atoms with van der Waals surface area (Å²) in [7, 11) is 0. The minimum Gasteiger partial charge on any atom is -0.341 e. The first kappa shape index (κ1) is 20.2. The SMILES string of the molecule is CCN1C(=O)S/C(=C\c2cn(CC(=O)N3CCCCC3)c3ccc(Br)cc23)C1=O. The summed E-state index contributed by atoms with van der Waals surface area (Å²) in [5.41, 5.74) is 1.76. The van der Waals surface area contributed by atoms with Gasteiger partial charge >= 0.3 is 0 Å². The first-order chi connectivity index (χ1) is 14.0. The number of carbonyl (C=O) groups excluding carboxylic acids is 3. The molecule has 2 aliphatic heterocycles. The number of fused-ring (bicyclic) bond motifs is 1. The predicted octanol–water partition coefficient (Wildman–Crippen LogP) is 4.47. The Bertz CT molecular complexity index is 1020. The van der Waals surface area contributed by atoms with Crippen LogP contribution in [0.3, 0.4) is 0 Å². The number of benzene rings is 1. The van der Waals surface area contributed by atoms with Crippen LogP contribution in [0.1, 0.15) is 31.7 Å². The smallest absolute Gasteiger partial charge is 0.293 e. The highest BCUT2D eigenvalue weighted by Gasteiger charge is 2.34. The molecular formula is C21H22BrN3O3S. The molecule has 3 heterocycles. The van der Waals surface area contributed by atoms with Gasteiger partial charge in [0.2, 0.25) is 5.91 Å². The van der Waals surface area contributed by atoms with Gasteiger partial charge in [0.1, 0.15) is 6.54 Å². The molecule has 2 aromatic rings. The van der Waals surface area contributed by atoms with Gasteiger partial charge in [0.15, 0.2) is 0 Å². The summed E-state index contributed by atoms with van der Waals surface area (Å²) >= 11 is 4.47. The maximum Gasteiger partial charge on any atom is 0.293 e. The third-order valence-electron chi connectivity index (χ3n) is 5.36.